The molecule has 0 saturated heterocycles. The highest BCUT2D eigenvalue weighted by Crippen LogP contribution is 2.25. The molecule has 1 aromatic heterocycles. The molecule has 0 spiro atoms. The van der Waals surface area contributed by atoms with Crippen LogP contribution in [0.2, 0.25) is 10.2 Å². The second-order valence-corrected chi connectivity index (χ2v) is 6.48. The fourth-order valence-corrected chi connectivity index (χ4v) is 3.17. The second-order valence-electron chi connectivity index (χ2n) is 5.03. The molecule has 0 aliphatic heterocycles. The topological polar surface area (TPSA) is 17.8 Å². The van der Waals surface area contributed by atoms with Crippen molar-refractivity contribution in [1.82, 2.24) is 9.78 Å². The van der Waals surface area contributed by atoms with Crippen LogP contribution in [0.25, 0.3) is 0 Å². The average Bonchev–Trinajstić information content (AvgIpc) is 2.66. The predicted octanol–water partition coefficient (Wildman–Crippen LogP) is 4.83. The summed E-state index contributed by atoms with van der Waals surface area (Å²) in [6.07, 6.45) is 1.92. The summed E-state index contributed by atoms with van der Waals surface area (Å²) < 4.78 is 1.74. The number of hydrogen-bond acceptors (Lipinski definition) is 1. The molecule has 1 aromatic carbocycles. The van der Waals surface area contributed by atoms with E-state index in [1.54, 1.807) is 4.68 Å². The molecule has 2 nitrogen and oxygen atoms in total. The molecule has 0 N–H and O–H groups in total. The fourth-order valence-electron chi connectivity index (χ4n) is 2.33. The number of rotatable bonds is 5. The third-order valence-electron chi connectivity index (χ3n) is 3.42. The highest BCUT2D eigenvalue weighted by molar-refractivity contribution is 9.09. The average molecular weight is 376 g/mol. The van der Waals surface area contributed by atoms with Crippen molar-refractivity contribution in [3.8, 4) is 0 Å². The Morgan fingerprint density at radius 1 is 1.20 bits per heavy atom. The highest BCUT2D eigenvalue weighted by atomic mass is 79.9. The minimum absolute atomic E-state index is 0.483. The van der Waals surface area contributed by atoms with Crippen LogP contribution in [0.3, 0.4) is 0 Å². The SMILES string of the molecule is Cc1nn(C)c(Cl)c1CC(CBr)Cc1ccc(Cl)cc1. The molecule has 20 heavy (non-hydrogen) atoms. The maximum atomic E-state index is 6.31. The Morgan fingerprint density at radius 3 is 2.35 bits per heavy atom. The van der Waals surface area contributed by atoms with E-state index in [1.165, 1.54) is 5.56 Å². The van der Waals surface area contributed by atoms with E-state index in [0.29, 0.717) is 5.92 Å². The molecule has 0 aliphatic rings. The van der Waals surface area contributed by atoms with Gasteiger partial charge in [0.1, 0.15) is 5.15 Å². The number of halogens is 3. The highest BCUT2D eigenvalue weighted by Gasteiger charge is 2.17. The number of alkyl halides is 1. The molecule has 1 atom stereocenters. The van der Waals surface area contributed by atoms with E-state index < -0.39 is 0 Å². The third-order valence-corrected chi connectivity index (χ3v) is 5.06. The van der Waals surface area contributed by atoms with Crippen LogP contribution in [-0.4, -0.2) is 15.1 Å². The summed E-state index contributed by atoms with van der Waals surface area (Å²) in [6, 6.07) is 8.03. The van der Waals surface area contributed by atoms with Crippen molar-refractivity contribution >= 4 is 39.1 Å². The van der Waals surface area contributed by atoms with Crippen LogP contribution in [0.5, 0.6) is 0 Å². The van der Waals surface area contributed by atoms with Gasteiger partial charge in [0, 0.05) is 23.0 Å². The molecule has 0 amide bonds. The van der Waals surface area contributed by atoms with Crippen molar-refractivity contribution < 1.29 is 0 Å². The van der Waals surface area contributed by atoms with Gasteiger partial charge in [-0.05, 0) is 43.4 Å². The van der Waals surface area contributed by atoms with Crippen LogP contribution in [0.15, 0.2) is 24.3 Å². The molecule has 0 bridgehead atoms. The van der Waals surface area contributed by atoms with Gasteiger partial charge in [-0.2, -0.15) is 5.10 Å². The lowest BCUT2D eigenvalue weighted by Gasteiger charge is -2.14. The summed E-state index contributed by atoms with van der Waals surface area (Å²) in [7, 11) is 1.88. The zero-order chi connectivity index (χ0) is 14.7. The van der Waals surface area contributed by atoms with Crippen LogP contribution in [0.4, 0.5) is 0 Å². The van der Waals surface area contributed by atoms with Gasteiger partial charge in [-0.1, -0.05) is 51.3 Å². The van der Waals surface area contributed by atoms with E-state index in [9.17, 15) is 0 Å². The first-order valence-electron chi connectivity index (χ1n) is 6.49. The van der Waals surface area contributed by atoms with Crippen molar-refractivity contribution in [3.63, 3.8) is 0 Å². The first-order valence-corrected chi connectivity index (χ1v) is 8.37. The lowest BCUT2D eigenvalue weighted by Crippen LogP contribution is -2.10. The summed E-state index contributed by atoms with van der Waals surface area (Å²) in [5.41, 5.74) is 3.45. The molecule has 1 heterocycles. The Morgan fingerprint density at radius 2 is 1.85 bits per heavy atom. The fraction of sp³-hybridized carbons (Fsp3) is 0.400. The van der Waals surface area contributed by atoms with Crippen molar-refractivity contribution in [1.29, 1.82) is 0 Å². The summed E-state index contributed by atoms with van der Waals surface area (Å²) in [6.45, 7) is 2.01. The maximum absolute atomic E-state index is 6.31. The largest absolute Gasteiger partial charge is 0.257 e. The van der Waals surface area contributed by atoms with Crippen molar-refractivity contribution in [3.05, 3.63) is 51.3 Å². The molecule has 0 fully saturated rings. The van der Waals surface area contributed by atoms with Gasteiger partial charge < -0.3 is 0 Å². The van der Waals surface area contributed by atoms with Gasteiger partial charge in [-0.15, -0.1) is 0 Å². The monoisotopic (exact) mass is 374 g/mol. The minimum atomic E-state index is 0.483. The van der Waals surface area contributed by atoms with Gasteiger partial charge in [0.05, 0.1) is 5.69 Å². The first kappa shape index (κ1) is 15.9. The van der Waals surface area contributed by atoms with E-state index in [0.717, 1.165) is 39.6 Å². The minimum Gasteiger partial charge on any atom is -0.257 e. The zero-order valence-corrected chi connectivity index (χ0v) is 14.6. The predicted molar refractivity (Wildman–Crippen MR) is 89.1 cm³/mol. The second kappa shape index (κ2) is 6.97. The lowest BCUT2D eigenvalue weighted by molar-refractivity contribution is 0.589. The van der Waals surface area contributed by atoms with Gasteiger partial charge in [-0.25, -0.2) is 0 Å². The quantitative estimate of drug-likeness (QED) is 0.684. The number of benzene rings is 1. The molecular weight excluding hydrogens is 359 g/mol. The van der Waals surface area contributed by atoms with Crippen molar-refractivity contribution in [2.75, 3.05) is 5.33 Å². The Kier molecular flexibility index (Phi) is 5.53. The Labute approximate surface area is 138 Å². The molecule has 2 aromatic rings. The number of hydrogen-bond donors (Lipinski definition) is 0. The van der Waals surface area contributed by atoms with Gasteiger partial charge in [0.25, 0.3) is 0 Å². The number of aromatic nitrogens is 2. The smallest absolute Gasteiger partial charge is 0.130 e. The molecule has 0 saturated carbocycles. The molecule has 5 heteroatoms. The number of aryl methyl sites for hydroxylation is 2. The summed E-state index contributed by atoms with van der Waals surface area (Å²) in [4.78, 5) is 0. The normalized spacial score (nSPS) is 12.7. The van der Waals surface area contributed by atoms with E-state index in [4.69, 9.17) is 23.2 Å². The molecule has 108 valence electrons. The van der Waals surface area contributed by atoms with E-state index in [-0.39, 0.29) is 0 Å². The van der Waals surface area contributed by atoms with Crippen LogP contribution < -0.4 is 0 Å². The maximum Gasteiger partial charge on any atom is 0.130 e. The van der Waals surface area contributed by atoms with Gasteiger partial charge in [0.15, 0.2) is 0 Å². The first-order chi connectivity index (χ1) is 9.51. The molecular formula is C15H17BrCl2N2. The van der Waals surface area contributed by atoms with E-state index in [1.807, 2.05) is 26.1 Å². The van der Waals surface area contributed by atoms with Crippen LogP contribution in [0, 0.1) is 12.8 Å². The molecule has 1 unspecified atom stereocenters. The summed E-state index contributed by atoms with van der Waals surface area (Å²) in [5, 5.41) is 6.81. The summed E-state index contributed by atoms with van der Waals surface area (Å²) >= 11 is 15.8. The van der Waals surface area contributed by atoms with E-state index >= 15 is 0 Å². The van der Waals surface area contributed by atoms with Crippen molar-refractivity contribution in [2.24, 2.45) is 13.0 Å². The van der Waals surface area contributed by atoms with Crippen LogP contribution >= 0.6 is 39.1 Å². The zero-order valence-electron chi connectivity index (χ0n) is 11.5. The molecule has 0 aliphatic carbocycles. The van der Waals surface area contributed by atoms with Gasteiger partial charge >= 0.3 is 0 Å². The van der Waals surface area contributed by atoms with Crippen LogP contribution in [0.1, 0.15) is 16.8 Å². The lowest BCUT2D eigenvalue weighted by atomic mass is 9.94. The Hall–Kier alpha value is -0.510. The van der Waals surface area contributed by atoms with Gasteiger partial charge in [-0.3, -0.25) is 4.68 Å². The van der Waals surface area contributed by atoms with E-state index in [2.05, 4.69) is 33.2 Å². The standard InChI is InChI=1S/C15H17BrCl2N2/c1-10-14(15(18)20(2)19-10)8-12(9-16)7-11-3-5-13(17)6-4-11/h3-6,12H,7-9H2,1-2H3. The number of nitrogens with zero attached hydrogens (tertiary/aromatic N) is 2. The third kappa shape index (κ3) is 3.78. The molecule has 0 radical (unpaired) electrons. The Bertz CT molecular complexity index is 578. The summed E-state index contributed by atoms with van der Waals surface area (Å²) in [5.74, 6) is 0.483. The Balaban J connectivity index is 2.11. The van der Waals surface area contributed by atoms with Gasteiger partial charge in [0.2, 0.25) is 0 Å². The molecule has 2 rings (SSSR count). The van der Waals surface area contributed by atoms with Crippen molar-refractivity contribution in [2.45, 2.75) is 19.8 Å². The van der Waals surface area contributed by atoms with Crippen LogP contribution in [-0.2, 0) is 19.9 Å².